The van der Waals surface area contributed by atoms with E-state index < -0.39 is 0 Å². The molecule has 0 saturated heterocycles. The van der Waals surface area contributed by atoms with Gasteiger partial charge in [0.05, 0.1) is 0 Å². The molecule has 3 N–H and O–H groups in total. The molecule has 0 radical (unpaired) electrons. The summed E-state index contributed by atoms with van der Waals surface area (Å²) in [6.07, 6.45) is 7.65. The van der Waals surface area contributed by atoms with Gasteiger partial charge in [0.25, 0.3) is 0 Å². The van der Waals surface area contributed by atoms with Gasteiger partial charge in [0.2, 0.25) is 0 Å². The van der Waals surface area contributed by atoms with Crippen molar-refractivity contribution in [2.24, 2.45) is 17.7 Å². The van der Waals surface area contributed by atoms with E-state index in [1.165, 1.54) is 37.7 Å². The van der Waals surface area contributed by atoms with Crippen LogP contribution in [0.1, 0.15) is 44.6 Å². The molecule has 2 rings (SSSR count). The summed E-state index contributed by atoms with van der Waals surface area (Å²) in [4.78, 5) is 0. The van der Waals surface area contributed by atoms with Gasteiger partial charge in [0, 0.05) is 11.1 Å². The van der Waals surface area contributed by atoms with E-state index in [0.29, 0.717) is 12.0 Å². The van der Waals surface area contributed by atoms with Crippen LogP contribution in [0, 0.1) is 11.8 Å². The number of nitrogens with two attached hydrogens (primary N) is 1. The van der Waals surface area contributed by atoms with Gasteiger partial charge in [-0.25, -0.2) is 0 Å². The highest BCUT2D eigenvalue weighted by atomic mass is 35.5. The Labute approximate surface area is 121 Å². The predicted octanol–water partition coefficient (Wildman–Crippen LogP) is 3.93. The average Bonchev–Trinajstić information content (AvgIpc) is 2.47. The first kappa shape index (κ1) is 14.8. The first-order valence-electron chi connectivity index (χ1n) is 7.43. The molecule has 1 fully saturated rings. The maximum Gasteiger partial charge on any atom is 0.0406 e. The predicted molar refractivity (Wildman–Crippen MR) is 82.0 cm³/mol. The van der Waals surface area contributed by atoms with Crippen molar-refractivity contribution in [2.45, 2.75) is 51.5 Å². The quantitative estimate of drug-likeness (QED) is 0.633. The van der Waals surface area contributed by atoms with Gasteiger partial charge in [-0.15, -0.1) is 0 Å². The normalized spacial score (nSPS) is 25.2. The lowest BCUT2D eigenvalue weighted by Gasteiger charge is -2.33. The number of nitrogens with one attached hydrogen (secondary N) is 1. The molecule has 106 valence electrons. The zero-order valence-electron chi connectivity index (χ0n) is 11.7. The lowest BCUT2D eigenvalue weighted by Crippen LogP contribution is -2.43. The van der Waals surface area contributed by atoms with Crippen LogP contribution < -0.4 is 11.3 Å². The molecule has 0 amide bonds. The molecule has 0 spiro atoms. The van der Waals surface area contributed by atoms with Crippen LogP contribution in [0.25, 0.3) is 0 Å². The fraction of sp³-hybridized carbons (Fsp3) is 0.625. The van der Waals surface area contributed by atoms with E-state index in [1.807, 2.05) is 12.1 Å². The molecule has 1 aliphatic carbocycles. The number of hydrazine groups is 1. The van der Waals surface area contributed by atoms with E-state index in [4.69, 9.17) is 17.4 Å². The topological polar surface area (TPSA) is 38.0 Å². The van der Waals surface area contributed by atoms with Crippen molar-refractivity contribution in [3.63, 3.8) is 0 Å². The molecule has 1 saturated carbocycles. The molecular weight excluding hydrogens is 256 g/mol. The van der Waals surface area contributed by atoms with Crippen molar-refractivity contribution in [2.75, 3.05) is 0 Å². The van der Waals surface area contributed by atoms with E-state index in [1.54, 1.807) is 0 Å². The molecule has 1 aromatic carbocycles. The van der Waals surface area contributed by atoms with Crippen molar-refractivity contribution in [1.82, 2.24) is 5.43 Å². The Morgan fingerprint density at radius 3 is 2.37 bits per heavy atom. The molecule has 1 atom stereocenters. The van der Waals surface area contributed by atoms with E-state index in [-0.39, 0.29) is 0 Å². The van der Waals surface area contributed by atoms with Crippen molar-refractivity contribution >= 4 is 11.6 Å². The van der Waals surface area contributed by atoms with Gasteiger partial charge >= 0.3 is 0 Å². The largest absolute Gasteiger partial charge is 0.271 e. The second-order valence-corrected chi connectivity index (χ2v) is 6.23. The van der Waals surface area contributed by atoms with Gasteiger partial charge in [-0.3, -0.25) is 11.3 Å². The third-order valence-electron chi connectivity index (χ3n) is 4.62. The van der Waals surface area contributed by atoms with Gasteiger partial charge < -0.3 is 0 Å². The van der Waals surface area contributed by atoms with Crippen LogP contribution in [-0.2, 0) is 6.42 Å². The molecule has 19 heavy (non-hydrogen) atoms. The van der Waals surface area contributed by atoms with Crippen LogP contribution in [0.5, 0.6) is 0 Å². The third-order valence-corrected chi connectivity index (χ3v) is 4.87. The van der Waals surface area contributed by atoms with Crippen LogP contribution in [-0.4, -0.2) is 6.04 Å². The third kappa shape index (κ3) is 4.20. The van der Waals surface area contributed by atoms with E-state index in [0.717, 1.165) is 17.4 Å². The average molecular weight is 281 g/mol. The number of rotatable bonds is 5. The first-order chi connectivity index (χ1) is 9.22. The summed E-state index contributed by atoms with van der Waals surface area (Å²) in [5.41, 5.74) is 4.34. The van der Waals surface area contributed by atoms with Gasteiger partial charge in [-0.1, -0.05) is 49.9 Å². The highest BCUT2D eigenvalue weighted by Crippen LogP contribution is 2.33. The zero-order chi connectivity index (χ0) is 13.7. The summed E-state index contributed by atoms with van der Waals surface area (Å²) in [6.45, 7) is 2.30. The number of halogens is 1. The van der Waals surface area contributed by atoms with Gasteiger partial charge in [-0.2, -0.15) is 0 Å². The first-order valence-corrected chi connectivity index (χ1v) is 7.81. The second-order valence-electron chi connectivity index (χ2n) is 5.79. The maximum absolute atomic E-state index is 5.92. The lowest BCUT2D eigenvalue weighted by atomic mass is 9.76. The van der Waals surface area contributed by atoms with Gasteiger partial charge in [0.1, 0.15) is 0 Å². The summed E-state index contributed by atoms with van der Waals surface area (Å²) in [5.74, 6) is 7.42. The Morgan fingerprint density at radius 1 is 1.21 bits per heavy atom. The number of hydrogen-bond donors (Lipinski definition) is 2. The molecule has 1 unspecified atom stereocenters. The highest BCUT2D eigenvalue weighted by molar-refractivity contribution is 6.30. The highest BCUT2D eigenvalue weighted by Gasteiger charge is 2.26. The molecule has 0 aromatic heterocycles. The smallest absolute Gasteiger partial charge is 0.0406 e. The minimum atomic E-state index is 0.388. The van der Waals surface area contributed by atoms with Crippen molar-refractivity contribution in [3.05, 3.63) is 34.9 Å². The molecular formula is C16H25ClN2. The summed E-state index contributed by atoms with van der Waals surface area (Å²) in [5, 5.41) is 0.796. The fourth-order valence-electron chi connectivity index (χ4n) is 3.23. The number of benzene rings is 1. The summed E-state index contributed by atoms with van der Waals surface area (Å²) in [7, 11) is 0. The molecule has 1 aromatic rings. The van der Waals surface area contributed by atoms with Crippen LogP contribution >= 0.6 is 11.6 Å². The fourth-order valence-corrected chi connectivity index (χ4v) is 3.36. The molecule has 0 bridgehead atoms. The molecule has 2 nitrogen and oxygen atoms in total. The van der Waals surface area contributed by atoms with E-state index >= 15 is 0 Å². The zero-order valence-corrected chi connectivity index (χ0v) is 12.5. The lowest BCUT2D eigenvalue weighted by molar-refractivity contribution is 0.217. The summed E-state index contributed by atoms with van der Waals surface area (Å²) < 4.78 is 0. The van der Waals surface area contributed by atoms with Crippen molar-refractivity contribution < 1.29 is 0 Å². The van der Waals surface area contributed by atoms with Crippen molar-refractivity contribution in [1.29, 1.82) is 0 Å². The molecule has 0 aliphatic heterocycles. The Kier molecular flexibility index (Phi) is 5.68. The van der Waals surface area contributed by atoms with Gasteiger partial charge in [0.15, 0.2) is 0 Å². The minimum absolute atomic E-state index is 0.388. The Balaban J connectivity index is 1.91. The minimum Gasteiger partial charge on any atom is -0.271 e. The summed E-state index contributed by atoms with van der Waals surface area (Å²) in [6, 6.07) is 8.50. The van der Waals surface area contributed by atoms with Gasteiger partial charge in [-0.05, 0) is 48.8 Å². The van der Waals surface area contributed by atoms with E-state index in [9.17, 15) is 0 Å². The monoisotopic (exact) mass is 280 g/mol. The van der Waals surface area contributed by atoms with E-state index in [2.05, 4.69) is 24.5 Å². The van der Waals surface area contributed by atoms with Crippen LogP contribution in [0.2, 0.25) is 5.02 Å². The Morgan fingerprint density at radius 2 is 1.84 bits per heavy atom. The number of hydrogen-bond acceptors (Lipinski definition) is 2. The SMILES string of the molecule is CCC1CCC(C(Cc2ccc(Cl)cc2)NN)CC1. The van der Waals surface area contributed by atoms with Crippen LogP contribution in [0.3, 0.4) is 0 Å². The Bertz CT molecular complexity index is 369. The molecule has 3 heteroatoms. The standard InChI is InChI=1S/C16H25ClN2/c1-2-12-3-7-14(8-4-12)16(19-18)11-13-5-9-15(17)10-6-13/h5-6,9-10,12,14,16,19H,2-4,7-8,11,18H2,1H3. The van der Waals surface area contributed by atoms with Crippen molar-refractivity contribution in [3.8, 4) is 0 Å². The maximum atomic E-state index is 5.92. The van der Waals surface area contributed by atoms with Crippen LogP contribution in [0.15, 0.2) is 24.3 Å². The Hall–Kier alpha value is -0.570. The second kappa shape index (κ2) is 7.28. The molecule has 1 aliphatic rings. The van der Waals surface area contributed by atoms with Crippen LogP contribution in [0.4, 0.5) is 0 Å². The molecule has 0 heterocycles. The summed E-state index contributed by atoms with van der Waals surface area (Å²) >= 11 is 5.92.